The second-order valence-electron chi connectivity index (χ2n) is 6.87. The van der Waals surface area contributed by atoms with Gasteiger partial charge in [0.1, 0.15) is 11.6 Å². The average Bonchev–Trinajstić information content (AvgIpc) is 3.22. The maximum Gasteiger partial charge on any atom is 0.258 e. The number of aromatic nitrogens is 1. The van der Waals surface area contributed by atoms with Gasteiger partial charge in [-0.3, -0.25) is 4.79 Å². The Hall–Kier alpha value is -3.34. The van der Waals surface area contributed by atoms with Crippen LogP contribution in [0, 0.1) is 0 Å². The molecule has 4 rings (SSSR count). The van der Waals surface area contributed by atoms with Gasteiger partial charge in [0.05, 0.1) is 0 Å². The molecule has 142 valence electrons. The molecule has 2 aromatic carbocycles. The van der Waals surface area contributed by atoms with Gasteiger partial charge < -0.3 is 15.0 Å². The molecule has 1 amide bonds. The van der Waals surface area contributed by atoms with Crippen LogP contribution in [-0.4, -0.2) is 36.6 Å². The first-order valence-electron chi connectivity index (χ1n) is 9.51. The Kier molecular flexibility index (Phi) is 5.52. The quantitative estimate of drug-likeness (QED) is 0.718. The predicted molar refractivity (Wildman–Crippen MR) is 110 cm³/mol. The average molecular weight is 373 g/mol. The maximum atomic E-state index is 12.2. The van der Waals surface area contributed by atoms with Crippen molar-refractivity contribution in [3.8, 4) is 16.9 Å². The van der Waals surface area contributed by atoms with Crippen molar-refractivity contribution in [3.63, 3.8) is 0 Å². The van der Waals surface area contributed by atoms with Gasteiger partial charge in [-0.15, -0.1) is 0 Å². The van der Waals surface area contributed by atoms with E-state index in [4.69, 9.17) is 4.74 Å². The molecule has 1 N–H and O–H groups in total. The van der Waals surface area contributed by atoms with E-state index in [9.17, 15) is 4.79 Å². The molecule has 3 aromatic rings. The molecule has 0 bridgehead atoms. The summed E-state index contributed by atoms with van der Waals surface area (Å²) in [7, 11) is 0. The van der Waals surface area contributed by atoms with E-state index < -0.39 is 0 Å². The van der Waals surface area contributed by atoms with E-state index in [1.165, 1.54) is 0 Å². The number of carbonyl (C=O) groups excluding carboxylic acids is 1. The number of nitrogens with one attached hydrogen (secondary N) is 1. The topological polar surface area (TPSA) is 54.5 Å². The van der Waals surface area contributed by atoms with Gasteiger partial charge >= 0.3 is 0 Å². The van der Waals surface area contributed by atoms with Crippen LogP contribution in [-0.2, 0) is 4.79 Å². The van der Waals surface area contributed by atoms with E-state index in [1.54, 1.807) is 6.20 Å². The van der Waals surface area contributed by atoms with E-state index in [0.29, 0.717) is 5.75 Å². The zero-order chi connectivity index (χ0) is 19.2. The van der Waals surface area contributed by atoms with Crippen LogP contribution in [0.1, 0.15) is 6.42 Å². The lowest BCUT2D eigenvalue weighted by Crippen LogP contribution is -2.39. The van der Waals surface area contributed by atoms with E-state index >= 15 is 0 Å². The number of benzene rings is 2. The first-order chi connectivity index (χ1) is 13.8. The van der Waals surface area contributed by atoms with Crippen molar-refractivity contribution in [3.05, 3.63) is 79.0 Å². The summed E-state index contributed by atoms with van der Waals surface area (Å²) in [5.74, 6) is 1.55. The summed E-state index contributed by atoms with van der Waals surface area (Å²) in [6.45, 7) is 1.68. The van der Waals surface area contributed by atoms with Gasteiger partial charge in [0.15, 0.2) is 6.61 Å². The van der Waals surface area contributed by atoms with Crippen LogP contribution < -0.4 is 15.0 Å². The number of ether oxygens (including phenoxy) is 1. The van der Waals surface area contributed by atoms with Crippen molar-refractivity contribution in [1.82, 2.24) is 10.3 Å². The number of rotatable bonds is 6. The summed E-state index contributed by atoms with van der Waals surface area (Å²) in [6.07, 6.45) is 2.70. The van der Waals surface area contributed by atoms with Crippen molar-refractivity contribution in [2.75, 3.05) is 24.6 Å². The molecular formula is C23H23N3O2. The smallest absolute Gasteiger partial charge is 0.258 e. The Morgan fingerprint density at radius 1 is 1.00 bits per heavy atom. The molecule has 1 atom stereocenters. The van der Waals surface area contributed by atoms with Crippen LogP contribution in [0.4, 0.5) is 5.82 Å². The lowest BCUT2D eigenvalue weighted by atomic mass is 10.1. The lowest BCUT2D eigenvalue weighted by Gasteiger charge is -2.17. The number of amides is 1. The maximum absolute atomic E-state index is 12.2. The van der Waals surface area contributed by atoms with E-state index in [2.05, 4.69) is 27.3 Å². The van der Waals surface area contributed by atoms with Gasteiger partial charge in [-0.25, -0.2) is 4.98 Å². The van der Waals surface area contributed by atoms with Crippen molar-refractivity contribution in [2.24, 2.45) is 0 Å². The number of nitrogens with zero attached hydrogens (tertiary/aromatic N) is 2. The molecule has 1 aliphatic rings. The van der Waals surface area contributed by atoms with Crippen molar-refractivity contribution < 1.29 is 9.53 Å². The Bertz CT molecular complexity index is 898. The minimum atomic E-state index is -0.0972. The normalized spacial score (nSPS) is 16.0. The summed E-state index contributed by atoms with van der Waals surface area (Å²) in [5.41, 5.74) is 2.28. The van der Waals surface area contributed by atoms with Gasteiger partial charge in [-0.05, 0) is 41.8 Å². The van der Waals surface area contributed by atoms with Gasteiger partial charge in [0.2, 0.25) is 0 Å². The van der Waals surface area contributed by atoms with Crippen LogP contribution in [0.25, 0.3) is 11.1 Å². The number of hydrogen-bond donors (Lipinski definition) is 1. The van der Waals surface area contributed by atoms with Crippen LogP contribution >= 0.6 is 0 Å². The van der Waals surface area contributed by atoms with E-state index in [0.717, 1.165) is 36.5 Å². The minimum absolute atomic E-state index is 0.0186. The van der Waals surface area contributed by atoms with Crippen molar-refractivity contribution >= 4 is 11.7 Å². The lowest BCUT2D eigenvalue weighted by molar-refractivity contribution is -0.123. The Labute approximate surface area is 165 Å². The fourth-order valence-electron chi connectivity index (χ4n) is 3.42. The zero-order valence-corrected chi connectivity index (χ0v) is 15.6. The van der Waals surface area contributed by atoms with Crippen molar-refractivity contribution in [2.45, 2.75) is 12.5 Å². The Morgan fingerprint density at radius 2 is 1.75 bits per heavy atom. The third kappa shape index (κ3) is 4.49. The summed E-state index contributed by atoms with van der Waals surface area (Å²) in [6, 6.07) is 24.0. The first-order valence-corrected chi connectivity index (χ1v) is 9.51. The molecule has 5 heteroatoms. The van der Waals surface area contributed by atoms with E-state index in [-0.39, 0.29) is 18.6 Å². The third-order valence-electron chi connectivity index (χ3n) is 4.86. The molecule has 0 radical (unpaired) electrons. The summed E-state index contributed by atoms with van der Waals surface area (Å²) in [5, 5.41) is 3.05. The Balaban J connectivity index is 1.25. The number of anilines is 1. The SMILES string of the molecule is O=C(COc1ccc(-c2ccccc2)cc1)NC1CCN(c2ccccn2)C1. The van der Waals surface area contributed by atoms with Crippen LogP contribution in [0.3, 0.4) is 0 Å². The molecule has 1 aliphatic heterocycles. The van der Waals surface area contributed by atoms with Crippen LogP contribution in [0.5, 0.6) is 5.75 Å². The highest BCUT2D eigenvalue weighted by Crippen LogP contribution is 2.22. The van der Waals surface area contributed by atoms with Crippen molar-refractivity contribution in [1.29, 1.82) is 0 Å². The molecule has 0 spiro atoms. The third-order valence-corrected chi connectivity index (χ3v) is 4.86. The van der Waals surface area contributed by atoms with Gasteiger partial charge in [-0.2, -0.15) is 0 Å². The number of hydrogen-bond acceptors (Lipinski definition) is 4. The molecular weight excluding hydrogens is 350 g/mol. The monoisotopic (exact) mass is 373 g/mol. The summed E-state index contributed by atoms with van der Waals surface area (Å²) in [4.78, 5) is 18.8. The molecule has 1 saturated heterocycles. The molecule has 0 saturated carbocycles. The van der Waals surface area contributed by atoms with Gasteiger partial charge in [0.25, 0.3) is 5.91 Å². The highest BCUT2D eigenvalue weighted by Gasteiger charge is 2.24. The molecule has 1 unspecified atom stereocenters. The highest BCUT2D eigenvalue weighted by molar-refractivity contribution is 5.78. The molecule has 28 heavy (non-hydrogen) atoms. The minimum Gasteiger partial charge on any atom is -0.484 e. The molecule has 1 fully saturated rings. The van der Waals surface area contributed by atoms with Gasteiger partial charge in [-0.1, -0.05) is 48.5 Å². The predicted octanol–water partition coefficient (Wildman–Crippen LogP) is 3.52. The summed E-state index contributed by atoms with van der Waals surface area (Å²) < 4.78 is 5.64. The van der Waals surface area contributed by atoms with E-state index in [1.807, 2.05) is 60.7 Å². The summed E-state index contributed by atoms with van der Waals surface area (Å²) >= 11 is 0. The Morgan fingerprint density at radius 3 is 2.50 bits per heavy atom. The second-order valence-corrected chi connectivity index (χ2v) is 6.87. The fourth-order valence-corrected chi connectivity index (χ4v) is 3.42. The molecule has 0 aliphatic carbocycles. The standard InChI is InChI=1S/C23H23N3O2/c27-23(25-20-13-15-26(16-20)22-8-4-5-14-24-22)17-28-21-11-9-19(10-12-21)18-6-2-1-3-7-18/h1-12,14,20H,13,15-17H2,(H,25,27). The van der Waals surface area contributed by atoms with Crippen LogP contribution in [0.2, 0.25) is 0 Å². The second kappa shape index (κ2) is 8.57. The largest absolute Gasteiger partial charge is 0.484 e. The van der Waals surface area contributed by atoms with Crippen LogP contribution in [0.15, 0.2) is 79.0 Å². The highest BCUT2D eigenvalue weighted by atomic mass is 16.5. The molecule has 1 aromatic heterocycles. The fraction of sp³-hybridized carbons (Fsp3) is 0.217. The molecule has 2 heterocycles. The van der Waals surface area contributed by atoms with Gasteiger partial charge in [0, 0.05) is 25.3 Å². The first kappa shape index (κ1) is 18.0. The molecule has 5 nitrogen and oxygen atoms in total. The zero-order valence-electron chi connectivity index (χ0n) is 15.6. The number of pyridine rings is 1. The number of carbonyl (C=O) groups is 1.